The molecule has 0 heterocycles. The highest BCUT2D eigenvalue weighted by Gasteiger charge is 2.37. The average molecular weight is 933 g/mol. The predicted molar refractivity (Wildman–Crippen MR) is 255 cm³/mol. The summed E-state index contributed by atoms with van der Waals surface area (Å²) >= 11 is 0. The van der Waals surface area contributed by atoms with Crippen molar-refractivity contribution >= 4 is 47.0 Å². The molecule has 0 unspecified atom stereocenters. The second kappa shape index (κ2) is 39.6. The largest absolute Gasteiger partial charge is 0.481 e. The maximum absolute atomic E-state index is 11.7. The lowest BCUT2D eigenvalue weighted by molar-refractivity contribution is -0.143. The van der Waals surface area contributed by atoms with E-state index in [0.29, 0.717) is 62.9 Å². The average Bonchev–Trinajstić information content (AvgIpc) is 4.05. The van der Waals surface area contributed by atoms with Crippen LogP contribution in [0.5, 0.6) is 0 Å². The minimum atomic E-state index is -0.792. The second-order valence-corrected chi connectivity index (χ2v) is 16.7. The first-order chi connectivity index (χ1) is 31.7. The molecule has 0 spiro atoms. The minimum absolute atomic E-state index is 0.0295. The Morgan fingerprint density at radius 2 is 0.636 bits per heavy atom. The van der Waals surface area contributed by atoms with Gasteiger partial charge < -0.3 is 29.9 Å². The molecule has 4 rings (SSSR count). The van der Waals surface area contributed by atoms with E-state index < -0.39 is 11.9 Å². The fourth-order valence-corrected chi connectivity index (χ4v) is 8.86. The van der Waals surface area contributed by atoms with E-state index >= 15 is 0 Å². The number of aliphatic hydroxyl groups is 2. The number of carbonyl (C=O) groups excluding carboxylic acids is 6. The number of carboxylic acids is 2. The van der Waals surface area contributed by atoms with E-state index in [9.17, 15) is 38.4 Å². The van der Waals surface area contributed by atoms with Crippen molar-refractivity contribution < 1.29 is 68.3 Å². The summed E-state index contributed by atoms with van der Waals surface area (Å²) in [6.45, 7) is 8.22. The van der Waals surface area contributed by atoms with Crippen LogP contribution in [0.3, 0.4) is 0 Å². The molecule has 14 nitrogen and oxygen atoms in total. The van der Waals surface area contributed by atoms with Crippen LogP contribution in [0, 0.1) is 47.3 Å². The molecular formula is C52H84O14. The summed E-state index contributed by atoms with van der Waals surface area (Å²) in [6.07, 6.45) is 29.7. The predicted octanol–water partition coefficient (Wildman–Crippen LogP) is 9.04. The van der Waals surface area contributed by atoms with Crippen LogP contribution in [-0.4, -0.2) is 95.9 Å². The van der Waals surface area contributed by atoms with E-state index in [0.717, 1.165) is 78.4 Å². The number of hydrogen-bond acceptors (Lipinski definition) is 12. The molecule has 4 aliphatic carbocycles. The molecule has 0 radical (unpaired) electrons. The molecule has 4 fully saturated rings. The van der Waals surface area contributed by atoms with Gasteiger partial charge >= 0.3 is 23.9 Å². The maximum Gasteiger partial charge on any atom is 0.305 e. The normalized spacial score (nSPS) is 24.4. The standard InChI is InChI=1S/2C13H20O3.2C12H18O3.2CH4O/c2*1-3-4-5-6-11-10(7-8-12(11)14)9-13(15)16-2;2*1-2-3-4-5-10-9(8-12(14)15)6-7-11(10)13;2*1-2/h2*4-5,10-11H,3,6-9H2,1-2H3;2*3-4,9-10H,2,5-8H2,1H3,(H,14,15);2*2H,1H3/b5-4+;5-4-;4-3+;4-3-;;/t2*10-,11+;2*9-,10+;;/m0000../s1. The first-order valence-electron chi connectivity index (χ1n) is 23.8. The van der Waals surface area contributed by atoms with Crippen molar-refractivity contribution in [2.75, 3.05) is 28.4 Å². The van der Waals surface area contributed by atoms with Crippen LogP contribution in [0.4, 0.5) is 0 Å². The zero-order chi connectivity index (χ0) is 50.5. The molecule has 4 N–H and O–H groups in total. The minimum Gasteiger partial charge on any atom is -0.481 e. The highest BCUT2D eigenvalue weighted by atomic mass is 16.5. The number of ether oxygens (including phenoxy) is 2. The van der Waals surface area contributed by atoms with E-state index in [1.54, 1.807) is 0 Å². The van der Waals surface area contributed by atoms with Crippen LogP contribution in [-0.2, 0) is 47.8 Å². The van der Waals surface area contributed by atoms with Crippen LogP contribution in [0.15, 0.2) is 48.6 Å². The Hall–Kier alpha value is -4.56. The van der Waals surface area contributed by atoms with Crippen molar-refractivity contribution in [1.29, 1.82) is 0 Å². The van der Waals surface area contributed by atoms with E-state index in [1.165, 1.54) is 14.2 Å². The lowest BCUT2D eigenvalue weighted by Crippen LogP contribution is -2.18. The van der Waals surface area contributed by atoms with Crippen molar-refractivity contribution in [1.82, 2.24) is 0 Å². The Morgan fingerprint density at radius 1 is 0.424 bits per heavy atom. The molecule has 4 aliphatic rings. The summed E-state index contributed by atoms with van der Waals surface area (Å²) in [4.78, 5) is 90.0. The third-order valence-electron chi connectivity index (χ3n) is 12.3. The van der Waals surface area contributed by atoms with Crippen molar-refractivity contribution in [2.24, 2.45) is 47.3 Å². The van der Waals surface area contributed by atoms with Gasteiger partial charge in [0.25, 0.3) is 0 Å². The number of aliphatic hydroxyl groups excluding tert-OH is 2. The molecule has 0 aliphatic heterocycles. The fraction of sp³-hybridized carbons (Fsp3) is 0.692. The fourth-order valence-electron chi connectivity index (χ4n) is 8.86. The number of esters is 2. The van der Waals surface area contributed by atoms with Crippen LogP contribution in [0.2, 0.25) is 0 Å². The quantitative estimate of drug-likeness (QED) is 0.0659. The van der Waals surface area contributed by atoms with E-state index in [2.05, 4.69) is 47.6 Å². The smallest absolute Gasteiger partial charge is 0.305 e. The number of aliphatic carboxylic acids is 2. The number of carboxylic acid groups (broad SMARTS) is 2. The van der Waals surface area contributed by atoms with Gasteiger partial charge in [0.1, 0.15) is 23.1 Å². The summed E-state index contributed by atoms with van der Waals surface area (Å²) in [7, 11) is 4.79. The molecule has 0 aromatic carbocycles. The van der Waals surface area contributed by atoms with Crippen molar-refractivity contribution in [3.05, 3.63) is 48.6 Å². The Labute approximate surface area is 394 Å². The van der Waals surface area contributed by atoms with Gasteiger partial charge in [-0.1, -0.05) is 76.3 Å². The Bertz CT molecular complexity index is 1450. The third-order valence-corrected chi connectivity index (χ3v) is 12.3. The molecule has 0 aromatic heterocycles. The first kappa shape index (κ1) is 63.5. The molecule has 66 heavy (non-hydrogen) atoms. The number of ketones is 4. The summed E-state index contributed by atoms with van der Waals surface area (Å²) in [5.74, 6) is -0.493. The van der Waals surface area contributed by atoms with Gasteiger partial charge in [0.05, 0.1) is 14.2 Å². The summed E-state index contributed by atoms with van der Waals surface area (Å²) in [5, 5.41) is 31.4. The summed E-state index contributed by atoms with van der Waals surface area (Å²) in [5.41, 5.74) is 0. The molecule has 0 aromatic rings. The van der Waals surface area contributed by atoms with Gasteiger partial charge in [0.2, 0.25) is 0 Å². The van der Waals surface area contributed by atoms with Crippen LogP contribution in [0.1, 0.15) is 156 Å². The number of rotatable bonds is 20. The first-order valence-corrected chi connectivity index (χ1v) is 23.8. The lowest BCUT2D eigenvalue weighted by atomic mass is 9.89. The molecule has 14 heteroatoms. The monoisotopic (exact) mass is 933 g/mol. The molecular weight excluding hydrogens is 849 g/mol. The zero-order valence-electron chi connectivity index (χ0n) is 41.3. The second-order valence-electron chi connectivity index (χ2n) is 16.7. The van der Waals surface area contributed by atoms with Crippen LogP contribution >= 0.6 is 0 Å². The van der Waals surface area contributed by atoms with Crippen LogP contribution in [0.25, 0.3) is 0 Å². The molecule has 0 amide bonds. The highest BCUT2D eigenvalue weighted by Crippen LogP contribution is 2.37. The highest BCUT2D eigenvalue weighted by molar-refractivity contribution is 5.86. The number of hydrogen-bond donors (Lipinski definition) is 4. The van der Waals surface area contributed by atoms with Gasteiger partial charge in [-0.15, -0.1) is 0 Å². The molecule has 4 saturated carbocycles. The number of allylic oxidation sites excluding steroid dienone is 8. The van der Waals surface area contributed by atoms with Crippen LogP contribution < -0.4 is 0 Å². The zero-order valence-corrected chi connectivity index (χ0v) is 41.3. The van der Waals surface area contributed by atoms with Crippen molar-refractivity contribution in [3.63, 3.8) is 0 Å². The van der Waals surface area contributed by atoms with Gasteiger partial charge in [-0.05, 0) is 101 Å². The van der Waals surface area contributed by atoms with Gasteiger partial charge in [0.15, 0.2) is 0 Å². The van der Waals surface area contributed by atoms with E-state index in [1.807, 2.05) is 38.2 Å². The molecule has 0 saturated heterocycles. The molecule has 376 valence electrons. The molecule has 8 atom stereocenters. The summed E-state index contributed by atoms with van der Waals surface area (Å²) in [6, 6.07) is 0. The van der Waals surface area contributed by atoms with Gasteiger partial charge in [-0.3, -0.25) is 38.4 Å². The van der Waals surface area contributed by atoms with Gasteiger partial charge in [-0.25, -0.2) is 0 Å². The maximum atomic E-state index is 11.7. The third kappa shape index (κ3) is 26.6. The van der Waals surface area contributed by atoms with E-state index in [4.69, 9.17) is 20.4 Å². The van der Waals surface area contributed by atoms with Crippen molar-refractivity contribution in [2.45, 2.75) is 156 Å². The Morgan fingerprint density at radius 3 is 0.818 bits per heavy atom. The number of methoxy groups -OCH3 is 2. The van der Waals surface area contributed by atoms with E-state index in [-0.39, 0.29) is 83.7 Å². The Balaban J connectivity index is 0. The topological polar surface area (TPSA) is 236 Å². The number of carbonyl (C=O) groups is 8. The number of Topliss-reactive ketones (excluding diaryl/α,β-unsaturated/α-hetero) is 4. The van der Waals surface area contributed by atoms with Gasteiger partial charge in [0, 0.05) is 89.3 Å². The lowest BCUT2D eigenvalue weighted by Gasteiger charge is -2.15. The summed E-state index contributed by atoms with van der Waals surface area (Å²) < 4.78 is 9.31. The van der Waals surface area contributed by atoms with Gasteiger partial charge in [-0.2, -0.15) is 0 Å². The SMILES string of the molecule is CC/C=C/C[C@H]1C(=O)CC[C@H]1CC(=O)O.CC/C=C/C[C@H]1C(=O)CC[C@H]1CC(=O)OC.CC/C=C\C[C@H]1C(=O)CC[C@H]1CC(=O)O.CC/C=C\C[C@H]1C(=O)CC[C@H]1CC(=O)OC.CO.CO. The Kier molecular flexibility index (Phi) is 38.1. The van der Waals surface area contributed by atoms with Crippen molar-refractivity contribution in [3.8, 4) is 0 Å². The molecule has 0 bridgehead atoms.